The fraction of sp³-hybridized carbons (Fsp3) is 0.357. The first kappa shape index (κ1) is 13.8. The minimum atomic E-state index is -0.768. The second-order valence-corrected chi connectivity index (χ2v) is 4.43. The second kappa shape index (κ2) is 5.87. The van der Waals surface area contributed by atoms with Crippen molar-refractivity contribution in [2.24, 2.45) is 0 Å². The number of halogens is 1. The molecule has 0 radical (unpaired) electrons. The Labute approximate surface area is 107 Å². The largest absolute Gasteiger partial charge is 0.465 e. The molecule has 0 aliphatic rings. The molecule has 0 heterocycles. The molecule has 0 saturated carbocycles. The molecule has 0 bridgehead atoms. The van der Waals surface area contributed by atoms with Crippen molar-refractivity contribution in [1.82, 2.24) is 0 Å². The van der Waals surface area contributed by atoms with E-state index in [1.165, 1.54) is 0 Å². The molecule has 3 heteroatoms. The minimum absolute atomic E-state index is 0.270. The Balaban J connectivity index is 3.20. The van der Waals surface area contributed by atoms with Gasteiger partial charge >= 0.3 is 5.97 Å². The van der Waals surface area contributed by atoms with Crippen LogP contribution in [-0.4, -0.2) is 12.6 Å². The van der Waals surface area contributed by atoms with Gasteiger partial charge in [0.25, 0.3) is 0 Å². The zero-order chi connectivity index (χ0) is 12.9. The van der Waals surface area contributed by atoms with E-state index in [4.69, 9.17) is 16.3 Å². The van der Waals surface area contributed by atoms with Crippen LogP contribution in [0.4, 0.5) is 0 Å². The minimum Gasteiger partial charge on any atom is -0.465 e. The van der Waals surface area contributed by atoms with E-state index < -0.39 is 5.41 Å². The van der Waals surface area contributed by atoms with Crippen LogP contribution in [0.25, 0.3) is 0 Å². The molecule has 17 heavy (non-hydrogen) atoms. The Bertz CT molecular complexity index is 414. The van der Waals surface area contributed by atoms with Crippen molar-refractivity contribution in [2.75, 3.05) is 6.61 Å². The van der Waals surface area contributed by atoms with Crippen molar-refractivity contribution in [3.05, 3.63) is 47.5 Å². The first-order valence-corrected chi connectivity index (χ1v) is 5.97. The van der Waals surface area contributed by atoms with E-state index in [1.54, 1.807) is 19.1 Å². The number of esters is 1. The van der Waals surface area contributed by atoms with Gasteiger partial charge in [-0.15, -0.1) is 6.58 Å². The van der Waals surface area contributed by atoms with Gasteiger partial charge in [-0.2, -0.15) is 0 Å². The average Bonchev–Trinajstić information content (AvgIpc) is 2.30. The van der Waals surface area contributed by atoms with Crippen molar-refractivity contribution >= 4 is 17.6 Å². The van der Waals surface area contributed by atoms with Crippen molar-refractivity contribution < 1.29 is 9.53 Å². The molecular formula is C14H17ClO2. The molecule has 1 rings (SSSR count). The fourth-order valence-corrected chi connectivity index (χ4v) is 2.14. The highest BCUT2D eigenvalue weighted by Crippen LogP contribution is 2.34. The Morgan fingerprint density at radius 1 is 1.53 bits per heavy atom. The molecule has 1 aromatic rings. The number of benzene rings is 1. The summed E-state index contributed by atoms with van der Waals surface area (Å²) >= 11 is 6.15. The number of carbonyl (C=O) groups excluding carboxylic acids is 1. The van der Waals surface area contributed by atoms with Gasteiger partial charge in [-0.3, -0.25) is 4.79 Å². The first-order chi connectivity index (χ1) is 8.06. The van der Waals surface area contributed by atoms with Gasteiger partial charge in [0, 0.05) is 5.02 Å². The molecule has 0 N–H and O–H groups in total. The summed E-state index contributed by atoms with van der Waals surface area (Å²) in [6.07, 6.45) is 2.20. The monoisotopic (exact) mass is 252 g/mol. The van der Waals surface area contributed by atoms with Gasteiger partial charge < -0.3 is 4.74 Å². The summed E-state index contributed by atoms with van der Waals surface area (Å²) in [7, 11) is 0. The predicted octanol–water partition coefficient (Wildman–Crippen LogP) is 3.74. The lowest BCUT2D eigenvalue weighted by molar-refractivity contribution is -0.149. The summed E-state index contributed by atoms with van der Waals surface area (Å²) in [5.41, 5.74) is 0.0100. The van der Waals surface area contributed by atoms with Crippen molar-refractivity contribution in [1.29, 1.82) is 0 Å². The van der Waals surface area contributed by atoms with E-state index in [9.17, 15) is 4.79 Å². The normalized spacial score (nSPS) is 13.8. The Morgan fingerprint density at radius 2 is 2.18 bits per heavy atom. The van der Waals surface area contributed by atoms with E-state index >= 15 is 0 Å². The highest BCUT2D eigenvalue weighted by atomic mass is 35.5. The maximum atomic E-state index is 12.1. The van der Waals surface area contributed by atoms with Gasteiger partial charge in [-0.25, -0.2) is 0 Å². The summed E-state index contributed by atoms with van der Waals surface area (Å²) in [6.45, 7) is 7.67. The molecule has 0 saturated heterocycles. The Hall–Kier alpha value is -1.28. The Kier molecular flexibility index (Phi) is 4.76. The zero-order valence-electron chi connectivity index (χ0n) is 10.2. The molecule has 0 fully saturated rings. The smallest absolute Gasteiger partial charge is 0.316 e. The first-order valence-electron chi connectivity index (χ1n) is 5.59. The van der Waals surface area contributed by atoms with Crippen LogP contribution < -0.4 is 0 Å². The predicted molar refractivity (Wildman–Crippen MR) is 70.3 cm³/mol. The standard InChI is InChI=1S/C14H17ClO2/c1-4-10-14(3,13(16)17-5-2)11-8-6-7-9-12(11)15/h4,6-9H,1,5,10H2,2-3H3. The lowest BCUT2D eigenvalue weighted by atomic mass is 9.79. The molecule has 2 nitrogen and oxygen atoms in total. The summed E-state index contributed by atoms with van der Waals surface area (Å²) in [5, 5.41) is 0.574. The van der Waals surface area contributed by atoms with E-state index in [1.807, 2.05) is 25.1 Å². The van der Waals surface area contributed by atoms with Gasteiger partial charge in [0.1, 0.15) is 0 Å². The van der Waals surface area contributed by atoms with Crippen molar-refractivity contribution in [2.45, 2.75) is 25.7 Å². The lowest BCUT2D eigenvalue weighted by Crippen LogP contribution is -2.34. The number of carbonyl (C=O) groups is 1. The molecule has 1 aromatic carbocycles. The van der Waals surface area contributed by atoms with Gasteiger partial charge in [0.2, 0.25) is 0 Å². The highest BCUT2D eigenvalue weighted by molar-refractivity contribution is 6.31. The number of hydrogen-bond donors (Lipinski definition) is 0. The fourth-order valence-electron chi connectivity index (χ4n) is 1.79. The van der Waals surface area contributed by atoms with Crippen LogP contribution in [0.1, 0.15) is 25.8 Å². The molecule has 0 spiro atoms. The van der Waals surface area contributed by atoms with Crippen molar-refractivity contribution in [3.8, 4) is 0 Å². The quantitative estimate of drug-likeness (QED) is 0.590. The van der Waals surface area contributed by atoms with Gasteiger partial charge in [0.15, 0.2) is 0 Å². The van der Waals surface area contributed by atoms with E-state index in [2.05, 4.69) is 6.58 Å². The lowest BCUT2D eigenvalue weighted by Gasteiger charge is -2.27. The maximum absolute atomic E-state index is 12.1. The summed E-state index contributed by atoms with van der Waals surface area (Å²) < 4.78 is 5.12. The molecule has 1 atom stereocenters. The number of hydrogen-bond acceptors (Lipinski definition) is 2. The summed E-state index contributed by atoms with van der Waals surface area (Å²) in [4.78, 5) is 12.1. The molecule has 0 amide bonds. The van der Waals surface area contributed by atoms with Gasteiger partial charge in [0.05, 0.1) is 12.0 Å². The van der Waals surface area contributed by atoms with Crippen LogP contribution in [0.2, 0.25) is 5.02 Å². The molecule has 92 valence electrons. The SMILES string of the molecule is C=CCC(C)(C(=O)OCC)c1ccccc1Cl. The third-order valence-electron chi connectivity index (χ3n) is 2.75. The van der Waals surface area contributed by atoms with Crippen molar-refractivity contribution in [3.63, 3.8) is 0 Å². The van der Waals surface area contributed by atoms with Crippen LogP contribution in [0.15, 0.2) is 36.9 Å². The third-order valence-corrected chi connectivity index (χ3v) is 3.08. The molecule has 0 aliphatic heterocycles. The Morgan fingerprint density at radius 3 is 2.71 bits per heavy atom. The van der Waals surface area contributed by atoms with Crippen LogP contribution in [0.3, 0.4) is 0 Å². The van der Waals surface area contributed by atoms with Crippen LogP contribution in [-0.2, 0) is 14.9 Å². The number of rotatable bonds is 5. The zero-order valence-corrected chi connectivity index (χ0v) is 11.0. The molecule has 0 aliphatic carbocycles. The van der Waals surface area contributed by atoms with Crippen LogP contribution in [0.5, 0.6) is 0 Å². The van der Waals surface area contributed by atoms with Crippen LogP contribution >= 0.6 is 11.6 Å². The topological polar surface area (TPSA) is 26.3 Å². The van der Waals surface area contributed by atoms with E-state index in [-0.39, 0.29) is 5.97 Å². The number of ether oxygens (including phenoxy) is 1. The van der Waals surface area contributed by atoms with E-state index in [0.29, 0.717) is 18.1 Å². The maximum Gasteiger partial charge on any atom is 0.316 e. The van der Waals surface area contributed by atoms with Gasteiger partial charge in [-0.05, 0) is 31.9 Å². The van der Waals surface area contributed by atoms with Crippen LogP contribution in [0, 0.1) is 0 Å². The highest BCUT2D eigenvalue weighted by Gasteiger charge is 2.36. The average molecular weight is 253 g/mol. The van der Waals surface area contributed by atoms with E-state index in [0.717, 1.165) is 5.56 Å². The third kappa shape index (κ3) is 2.89. The van der Waals surface area contributed by atoms with Gasteiger partial charge in [-0.1, -0.05) is 35.9 Å². The summed E-state index contributed by atoms with van der Waals surface area (Å²) in [6, 6.07) is 7.33. The molecule has 1 unspecified atom stereocenters. The molecular weight excluding hydrogens is 236 g/mol. The number of allylic oxidation sites excluding steroid dienone is 1. The summed E-state index contributed by atoms with van der Waals surface area (Å²) in [5.74, 6) is -0.270. The second-order valence-electron chi connectivity index (χ2n) is 4.03. The molecule has 0 aromatic heterocycles.